The minimum atomic E-state index is -4.44. The predicted octanol–water partition coefficient (Wildman–Crippen LogP) is 6.91. The van der Waals surface area contributed by atoms with Gasteiger partial charge in [0.15, 0.2) is 5.17 Å². The zero-order chi connectivity index (χ0) is 26.3. The molecule has 9 heteroatoms. The summed E-state index contributed by atoms with van der Waals surface area (Å²) in [6.45, 7) is 3.07. The first-order chi connectivity index (χ1) is 18.3. The van der Waals surface area contributed by atoms with Crippen molar-refractivity contribution < 1.29 is 22.4 Å². The van der Waals surface area contributed by atoms with Crippen LogP contribution in [0.2, 0.25) is 0 Å². The Morgan fingerprint density at radius 3 is 2.42 bits per heavy atom. The molecule has 0 spiro atoms. The lowest BCUT2D eigenvalue weighted by atomic mass is 10.1. The largest absolute Gasteiger partial charge is 0.457 e. The molecule has 0 unspecified atom stereocenters. The smallest absolute Gasteiger partial charge is 0.416 e. The molecule has 0 bridgehead atoms. The monoisotopic (exact) mass is 533 g/mol. The average molecular weight is 534 g/mol. The third-order valence-corrected chi connectivity index (χ3v) is 7.69. The molecule has 1 saturated heterocycles. The van der Waals surface area contributed by atoms with E-state index in [0.29, 0.717) is 27.2 Å². The van der Waals surface area contributed by atoms with Crippen molar-refractivity contribution in [2.75, 3.05) is 31.1 Å². The molecule has 5 nitrogen and oxygen atoms in total. The number of nitrogens with zero attached hydrogens (tertiary/aromatic N) is 3. The molecule has 2 aliphatic rings. The molecule has 0 saturated carbocycles. The van der Waals surface area contributed by atoms with E-state index in [-0.39, 0.29) is 5.91 Å². The standard InChI is InChI=1S/C29H22F3N3O2S/c30-29(31,32)21-8-3-7-20(17-21)25-12-11-22(37-25)18-26-27(36)33-28(38-26)35-15-13-34(14-16-35)24-10-4-6-19-5-1-2-9-23(19)24/h1-12,17-18H,13-16H2/b26-18-. The van der Waals surface area contributed by atoms with Crippen LogP contribution in [0.4, 0.5) is 18.9 Å². The Balaban J connectivity index is 1.12. The van der Waals surface area contributed by atoms with Crippen LogP contribution in [-0.4, -0.2) is 42.2 Å². The number of amides is 1. The van der Waals surface area contributed by atoms with Gasteiger partial charge in [-0.3, -0.25) is 4.79 Å². The maximum absolute atomic E-state index is 13.1. The van der Waals surface area contributed by atoms with Gasteiger partial charge < -0.3 is 14.2 Å². The SMILES string of the molecule is O=C1N=C(N2CCN(c3cccc4ccccc34)CC2)S/C1=C\c1ccc(-c2cccc(C(F)(F)F)c2)o1. The van der Waals surface area contributed by atoms with E-state index >= 15 is 0 Å². The number of halogens is 3. The van der Waals surface area contributed by atoms with Crippen molar-refractivity contribution in [2.45, 2.75) is 6.18 Å². The van der Waals surface area contributed by atoms with Crippen molar-refractivity contribution >= 4 is 45.4 Å². The molecule has 3 aromatic carbocycles. The lowest BCUT2D eigenvalue weighted by Crippen LogP contribution is -2.47. The fraction of sp³-hybridized carbons (Fsp3) is 0.172. The Kier molecular flexibility index (Phi) is 6.23. The zero-order valence-electron chi connectivity index (χ0n) is 20.1. The molecule has 0 atom stereocenters. The number of amidine groups is 1. The summed E-state index contributed by atoms with van der Waals surface area (Å²) in [4.78, 5) is 21.8. The third kappa shape index (κ3) is 4.81. The van der Waals surface area contributed by atoms with E-state index in [2.05, 4.69) is 45.1 Å². The average Bonchev–Trinajstić information content (AvgIpc) is 3.55. The highest BCUT2D eigenvalue weighted by Gasteiger charge is 2.31. The van der Waals surface area contributed by atoms with Gasteiger partial charge in [0, 0.05) is 48.9 Å². The fourth-order valence-corrected chi connectivity index (χ4v) is 5.66. The zero-order valence-corrected chi connectivity index (χ0v) is 20.9. The van der Waals surface area contributed by atoms with Crippen molar-refractivity contribution in [3.8, 4) is 11.3 Å². The number of furan rings is 1. The molecule has 0 N–H and O–H groups in total. The summed E-state index contributed by atoms with van der Waals surface area (Å²) in [5.41, 5.74) is 0.775. The number of thioether (sulfide) groups is 1. The van der Waals surface area contributed by atoms with Crippen LogP contribution in [0.25, 0.3) is 28.2 Å². The van der Waals surface area contributed by atoms with Gasteiger partial charge in [0.2, 0.25) is 0 Å². The van der Waals surface area contributed by atoms with Crippen LogP contribution in [0.1, 0.15) is 11.3 Å². The third-order valence-electron chi connectivity index (χ3n) is 6.64. The first kappa shape index (κ1) is 24.4. The molecule has 192 valence electrons. The lowest BCUT2D eigenvalue weighted by Gasteiger charge is -2.37. The van der Waals surface area contributed by atoms with Crippen LogP contribution < -0.4 is 4.90 Å². The number of aliphatic imine (C=N–C) groups is 1. The first-order valence-corrected chi connectivity index (χ1v) is 12.9. The predicted molar refractivity (Wildman–Crippen MR) is 145 cm³/mol. The summed E-state index contributed by atoms with van der Waals surface area (Å²) < 4.78 is 44.9. The van der Waals surface area contributed by atoms with Gasteiger partial charge in [0.25, 0.3) is 5.91 Å². The molecule has 4 aromatic rings. The number of carbonyl (C=O) groups is 1. The Morgan fingerprint density at radius 1 is 0.868 bits per heavy atom. The summed E-state index contributed by atoms with van der Waals surface area (Å²) in [5.74, 6) is 0.327. The number of fused-ring (bicyclic) bond motifs is 1. The molecule has 1 amide bonds. The number of hydrogen-bond donors (Lipinski definition) is 0. The second kappa shape index (κ2) is 9.72. The van der Waals surface area contributed by atoms with Gasteiger partial charge in [-0.15, -0.1) is 0 Å². The van der Waals surface area contributed by atoms with Gasteiger partial charge in [-0.2, -0.15) is 18.2 Å². The van der Waals surface area contributed by atoms with Crippen LogP contribution in [0.3, 0.4) is 0 Å². The lowest BCUT2D eigenvalue weighted by molar-refractivity contribution is -0.137. The number of piperazine rings is 1. The van der Waals surface area contributed by atoms with Crippen LogP contribution in [-0.2, 0) is 11.0 Å². The molecule has 38 heavy (non-hydrogen) atoms. The molecule has 1 fully saturated rings. The molecule has 0 radical (unpaired) electrons. The van der Waals surface area contributed by atoms with Crippen LogP contribution in [0.15, 0.2) is 93.2 Å². The highest BCUT2D eigenvalue weighted by atomic mass is 32.2. The van der Waals surface area contributed by atoms with Gasteiger partial charge in [0.05, 0.1) is 10.5 Å². The maximum Gasteiger partial charge on any atom is 0.416 e. The molecular weight excluding hydrogens is 511 g/mol. The van der Waals surface area contributed by atoms with Gasteiger partial charge in [-0.05, 0) is 47.5 Å². The highest BCUT2D eigenvalue weighted by Crippen LogP contribution is 2.35. The number of alkyl halides is 3. The van der Waals surface area contributed by atoms with Crippen molar-refractivity contribution in [1.82, 2.24) is 4.90 Å². The second-order valence-electron chi connectivity index (χ2n) is 9.06. The van der Waals surface area contributed by atoms with Crippen LogP contribution >= 0.6 is 11.8 Å². The highest BCUT2D eigenvalue weighted by molar-refractivity contribution is 8.18. The number of hydrogen-bond acceptors (Lipinski definition) is 5. The topological polar surface area (TPSA) is 49.1 Å². The Bertz CT molecular complexity index is 1580. The van der Waals surface area contributed by atoms with Gasteiger partial charge in [-0.1, -0.05) is 48.5 Å². The van der Waals surface area contributed by atoms with E-state index < -0.39 is 11.7 Å². The van der Waals surface area contributed by atoms with Gasteiger partial charge in [0.1, 0.15) is 11.5 Å². The van der Waals surface area contributed by atoms with Crippen molar-refractivity contribution in [3.05, 3.63) is 95.1 Å². The fourth-order valence-electron chi connectivity index (χ4n) is 4.72. The Labute approximate surface area is 221 Å². The van der Waals surface area contributed by atoms with E-state index in [1.165, 1.54) is 34.3 Å². The molecule has 6 rings (SSSR count). The number of rotatable bonds is 3. The van der Waals surface area contributed by atoms with E-state index in [0.717, 1.165) is 38.3 Å². The summed E-state index contributed by atoms with van der Waals surface area (Å²) in [5, 5.41) is 3.08. The van der Waals surface area contributed by atoms with Crippen molar-refractivity contribution in [1.29, 1.82) is 0 Å². The summed E-state index contributed by atoms with van der Waals surface area (Å²) in [7, 11) is 0. The quantitative estimate of drug-likeness (QED) is 0.268. The van der Waals surface area contributed by atoms with E-state index in [9.17, 15) is 18.0 Å². The van der Waals surface area contributed by atoms with Crippen LogP contribution in [0, 0.1) is 0 Å². The molecule has 2 aliphatic heterocycles. The Morgan fingerprint density at radius 2 is 1.61 bits per heavy atom. The molecule has 0 aliphatic carbocycles. The number of carbonyl (C=O) groups excluding carboxylic acids is 1. The van der Waals surface area contributed by atoms with Crippen molar-refractivity contribution in [3.63, 3.8) is 0 Å². The number of benzene rings is 3. The number of anilines is 1. The second-order valence-corrected chi connectivity index (χ2v) is 10.1. The minimum absolute atomic E-state index is 0.295. The molecule has 3 heterocycles. The van der Waals surface area contributed by atoms with E-state index in [1.807, 2.05) is 12.1 Å². The maximum atomic E-state index is 13.1. The van der Waals surface area contributed by atoms with E-state index in [4.69, 9.17) is 4.42 Å². The Hall–Kier alpha value is -3.98. The van der Waals surface area contributed by atoms with Crippen molar-refractivity contribution in [2.24, 2.45) is 4.99 Å². The normalized spacial score (nSPS) is 17.5. The van der Waals surface area contributed by atoms with Crippen LogP contribution in [0.5, 0.6) is 0 Å². The molecule has 1 aromatic heterocycles. The van der Waals surface area contributed by atoms with Gasteiger partial charge in [-0.25, -0.2) is 0 Å². The molecular formula is C29H22F3N3O2S. The minimum Gasteiger partial charge on any atom is -0.457 e. The summed E-state index contributed by atoms with van der Waals surface area (Å²) in [6.07, 6.45) is -2.85. The summed E-state index contributed by atoms with van der Waals surface area (Å²) in [6, 6.07) is 22.9. The van der Waals surface area contributed by atoms with Gasteiger partial charge >= 0.3 is 6.18 Å². The summed E-state index contributed by atoms with van der Waals surface area (Å²) >= 11 is 1.29. The van der Waals surface area contributed by atoms with E-state index in [1.54, 1.807) is 24.3 Å². The first-order valence-electron chi connectivity index (χ1n) is 12.1.